The summed E-state index contributed by atoms with van der Waals surface area (Å²) in [6.45, 7) is 4.33. The zero-order valence-electron chi connectivity index (χ0n) is 17.0. The molecule has 2 aromatic rings. The highest BCUT2D eigenvalue weighted by atomic mass is 16.5. The minimum atomic E-state index is -0.772. The van der Waals surface area contributed by atoms with E-state index < -0.39 is 5.97 Å². The smallest absolute Gasteiger partial charge is 0.303 e. The molecule has 29 heavy (non-hydrogen) atoms. The van der Waals surface area contributed by atoms with Gasteiger partial charge in [0.05, 0.1) is 12.0 Å². The lowest BCUT2D eigenvalue weighted by molar-refractivity contribution is -0.136. The van der Waals surface area contributed by atoms with Crippen LogP contribution in [0, 0.1) is 0 Å². The maximum Gasteiger partial charge on any atom is 0.303 e. The van der Waals surface area contributed by atoms with Gasteiger partial charge in [-0.05, 0) is 48.4 Å². The average Bonchev–Trinajstić information content (AvgIpc) is 2.76. The number of benzene rings is 1. The molecule has 1 aromatic carbocycles. The van der Waals surface area contributed by atoms with Gasteiger partial charge in [0.25, 0.3) is 0 Å². The number of carbonyl (C=O) groups is 1. The van der Waals surface area contributed by atoms with Gasteiger partial charge in [-0.15, -0.1) is 0 Å². The Morgan fingerprint density at radius 1 is 1.10 bits per heavy atom. The van der Waals surface area contributed by atoms with Gasteiger partial charge < -0.3 is 9.84 Å². The van der Waals surface area contributed by atoms with Gasteiger partial charge in [0.1, 0.15) is 0 Å². The van der Waals surface area contributed by atoms with Gasteiger partial charge in [0, 0.05) is 18.1 Å². The van der Waals surface area contributed by atoms with Crippen molar-refractivity contribution >= 4 is 5.97 Å². The number of aryl methyl sites for hydroxylation is 2. The summed E-state index contributed by atoms with van der Waals surface area (Å²) in [4.78, 5) is 15.4. The molecule has 0 saturated heterocycles. The summed E-state index contributed by atoms with van der Waals surface area (Å²) in [6.07, 6.45) is 11.1. The number of nitrogens with zero attached hydrogens (tertiary/aromatic N) is 1. The van der Waals surface area contributed by atoms with E-state index in [0.717, 1.165) is 36.1 Å². The summed E-state index contributed by atoms with van der Waals surface area (Å²) in [5, 5.41) is 8.79. The molecule has 0 spiro atoms. The fraction of sp³-hybridized carbons (Fsp3) is 0.280. The van der Waals surface area contributed by atoms with Crippen molar-refractivity contribution in [2.75, 3.05) is 0 Å². The fourth-order valence-corrected chi connectivity index (χ4v) is 3.45. The molecule has 0 aliphatic heterocycles. The first kappa shape index (κ1) is 20.6. The quantitative estimate of drug-likeness (QED) is 0.572. The van der Waals surface area contributed by atoms with Gasteiger partial charge in [-0.25, -0.2) is 4.98 Å². The van der Waals surface area contributed by atoms with E-state index >= 15 is 0 Å². The number of carboxylic acid groups (broad SMARTS) is 1. The maximum absolute atomic E-state index is 10.7. The van der Waals surface area contributed by atoms with Gasteiger partial charge >= 0.3 is 5.97 Å². The molecule has 4 nitrogen and oxygen atoms in total. The van der Waals surface area contributed by atoms with E-state index in [0.29, 0.717) is 12.3 Å². The highest BCUT2D eigenvalue weighted by Crippen LogP contribution is 2.29. The molecule has 0 bridgehead atoms. The summed E-state index contributed by atoms with van der Waals surface area (Å²) in [5.41, 5.74) is 6.81. The highest BCUT2D eigenvalue weighted by Gasteiger charge is 2.11. The summed E-state index contributed by atoms with van der Waals surface area (Å²) in [5.74, 6) is -0.206. The van der Waals surface area contributed by atoms with Gasteiger partial charge in [-0.3, -0.25) is 4.79 Å². The van der Waals surface area contributed by atoms with E-state index in [9.17, 15) is 4.79 Å². The molecular weight excluding hydrogens is 362 g/mol. The topological polar surface area (TPSA) is 59.4 Å². The van der Waals surface area contributed by atoms with Crippen LogP contribution in [0.25, 0.3) is 11.3 Å². The molecule has 0 amide bonds. The van der Waals surface area contributed by atoms with E-state index in [-0.39, 0.29) is 6.42 Å². The zero-order chi connectivity index (χ0) is 20.6. The second kappa shape index (κ2) is 9.87. The van der Waals surface area contributed by atoms with Crippen molar-refractivity contribution < 1.29 is 14.6 Å². The lowest BCUT2D eigenvalue weighted by atomic mass is 9.95. The van der Waals surface area contributed by atoms with Crippen molar-refractivity contribution in [1.82, 2.24) is 4.98 Å². The van der Waals surface area contributed by atoms with Crippen LogP contribution < -0.4 is 4.74 Å². The van der Waals surface area contributed by atoms with Gasteiger partial charge in [0.2, 0.25) is 5.88 Å². The molecule has 1 N–H and O–H groups in total. The Morgan fingerprint density at radius 3 is 2.45 bits per heavy atom. The SMILES string of the molecule is CCc1cccc(CC)c1-c1cccc(OC=C2C=CC(CCC(=O)O)=CC2)n1. The monoisotopic (exact) mass is 389 g/mol. The van der Waals surface area contributed by atoms with Crippen LogP contribution in [0.3, 0.4) is 0 Å². The van der Waals surface area contributed by atoms with Crippen LogP contribution in [0.1, 0.15) is 44.2 Å². The first-order valence-corrected chi connectivity index (χ1v) is 10.1. The van der Waals surface area contributed by atoms with E-state index in [1.807, 2.05) is 36.4 Å². The number of allylic oxidation sites excluding steroid dienone is 5. The number of carboxylic acids is 1. The van der Waals surface area contributed by atoms with Crippen molar-refractivity contribution in [2.24, 2.45) is 0 Å². The molecule has 150 valence electrons. The van der Waals surface area contributed by atoms with Crippen LogP contribution in [0.15, 0.2) is 72.0 Å². The Labute approximate surface area is 172 Å². The largest absolute Gasteiger partial charge is 0.481 e. The molecule has 1 aliphatic rings. The minimum Gasteiger partial charge on any atom is -0.481 e. The van der Waals surface area contributed by atoms with Crippen LogP contribution in [0.2, 0.25) is 0 Å². The highest BCUT2D eigenvalue weighted by molar-refractivity contribution is 5.68. The molecule has 1 aliphatic carbocycles. The number of rotatable bonds is 8. The number of aliphatic carboxylic acids is 1. The molecule has 1 heterocycles. The third kappa shape index (κ3) is 5.44. The van der Waals surface area contributed by atoms with Gasteiger partial charge in [-0.1, -0.05) is 61.9 Å². The fourth-order valence-electron chi connectivity index (χ4n) is 3.45. The number of aromatic nitrogens is 1. The Hall–Kier alpha value is -3.14. The summed E-state index contributed by atoms with van der Waals surface area (Å²) in [7, 11) is 0. The molecule has 1 aromatic heterocycles. The molecular formula is C25H27NO3. The van der Waals surface area contributed by atoms with E-state index in [4.69, 9.17) is 14.8 Å². The third-order valence-electron chi connectivity index (χ3n) is 5.05. The third-order valence-corrected chi connectivity index (χ3v) is 5.05. The van der Waals surface area contributed by atoms with E-state index in [2.05, 4.69) is 32.0 Å². The standard InChI is InChI=1S/C25H27NO3/c1-3-20-7-5-8-21(4-2)25(20)22-9-6-10-23(26-22)29-17-19-13-11-18(12-14-19)15-16-24(27)28/h5-13,17H,3-4,14-16H2,1-2H3,(H,27,28). The molecule has 0 saturated carbocycles. The number of ether oxygens (including phenoxy) is 1. The maximum atomic E-state index is 10.7. The molecule has 4 heteroatoms. The van der Waals surface area contributed by atoms with Crippen LogP contribution in [-0.4, -0.2) is 16.1 Å². The van der Waals surface area contributed by atoms with Gasteiger partial charge in [-0.2, -0.15) is 0 Å². The van der Waals surface area contributed by atoms with Crippen molar-refractivity contribution in [3.05, 3.63) is 83.2 Å². The lowest BCUT2D eigenvalue weighted by Gasteiger charge is -2.13. The second-order valence-corrected chi connectivity index (χ2v) is 7.04. The van der Waals surface area contributed by atoms with Crippen LogP contribution in [-0.2, 0) is 17.6 Å². The molecule has 0 unspecified atom stereocenters. The minimum absolute atomic E-state index is 0.154. The van der Waals surface area contributed by atoms with Crippen molar-refractivity contribution in [2.45, 2.75) is 46.0 Å². The first-order valence-electron chi connectivity index (χ1n) is 10.1. The molecule has 0 atom stereocenters. The predicted octanol–water partition coefficient (Wildman–Crippen LogP) is 5.89. The summed E-state index contributed by atoms with van der Waals surface area (Å²) < 4.78 is 5.84. The van der Waals surface area contributed by atoms with Gasteiger partial charge in [0.15, 0.2) is 0 Å². The van der Waals surface area contributed by atoms with Crippen molar-refractivity contribution in [3.63, 3.8) is 0 Å². The Morgan fingerprint density at radius 2 is 1.83 bits per heavy atom. The molecule has 3 rings (SSSR count). The summed E-state index contributed by atoms with van der Waals surface area (Å²) >= 11 is 0. The average molecular weight is 389 g/mol. The normalized spacial score (nSPS) is 14.7. The zero-order valence-corrected chi connectivity index (χ0v) is 17.0. The van der Waals surface area contributed by atoms with E-state index in [1.54, 1.807) is 6.26 Å². The number of hydrogen-bond donors (Lipinski definition) is 1. The Balaban J connectivity index is 1.73. The summed E-state index contributed by atoms with van der Waals surface area (Å²) in [6, 6.07) is 12.3. The predicted molar refractivity (Wildman–Crippen MR) is 116 cm³/mol. The van der Waals surface area contributed by atoms with Crippen LogP contribution >= 0.6 is 0 Å². The molecule has 0 radical (unpaired) electrons. The second-order valence-electron chi connectivity index (χ2n) is 7.04. The lowest BCUT2D eigenvalue weighted by Crippen LogP contribution is -1.98. The number of hydrogen-bond acceptors (Lipinski definition) is 3. The molecule has 0 fully saturated rings. The Bertz CT molecular complexity index is 948. The van der Waals surface area contributed by atoms with E-state index in [1.165, 1.54) is 16.7 Å². The van der Waals surface area contributed by atoms with Crippen molar-refractivity contribution in [1.29, 1.82) is 0 Å². The first-order chi connectivity index (χ1) is 14.1. The van der Waals surface area contributed by atoms with Crippen LogP contribution in [0.4, 0.5) is 0 Å². The van der Waals surface area contributed by atoms with Crippen LogP contribution in [0.5, 0.6) is 5.88 Å². The van der Waals surface area contributed by atoms with Crippen molar-refractivity contribution in [3.8, 4) is 17.1 Å². The Kier molecular flexibility index (Phi) is 7.01. The number of pyridine rings is 1.